The quantitative estimate of drug-likeness (QED) is 0.906. The molecule has 1 fully saturated rings. The second-order valence-corrected chi connectivity index (χ2v) is 5.98. The summed E-state index contributed by atoms with van der Waals surface area (Å²) in [4.78, 5) is 14.7. The molecule has 1 amide bonds. The third-order valence-electron chi connectivity index (χ3n) is 3.80. The van der Waals surface area contributed by atoms with Gasteiger partial charge in [0, 0.05) is 37.7 Å². The van der Waals surface area contributed by atoms with E-state index in [9.17, 15) is 18.0 Å². The summed E-state index contributed by atoms with van der Waals surface area (Å²) in [5.41, 5.74) is 0.868. The predicted octanol–water partition coefficient (Wildman–Crippen LogP) is 2.31. The van der Waals surface area contributed by atoms with Crippen molar-refractivity contribution in [3.05, 3.63) is 34.9 Å². The molecule has 2 rings (SSSR count). The zero-order chi connectivity index (χ0) is 17.0. The molecular formula is C15H19ClF3N3O. The highest BCUT2D eigenvalue weighted by Crippen LogP contribution is 2.28. The van der Waals surface area contributed by atoms with Crippen molar-refractivity contribution in [2.75, 3.05) is 39.8 Å². The lowest BCUT2D eigenvalue weighted by atomic mass is 10.0. The van der Waals surface area contributed by atoms with Gasteiger partial charge in [-0.3, -0.25) is 9.69 Å². The van der Waals surface area contributed by atoms with Gasteiger partial charge >= 0.3 is 6.18 Å². The van der Waals surface area contributed by atoms with Crippen LogP contribution in [0.2, 0.25) is 5.02 Å². The fraction of sp³-hybridized carbons (Fsp3) is 0.533. The smallest absolute Gasteiger partial charge is 0.336 e. The van der Waals surface area contributed by atoms with E-state index in [1.165, 1.54) is 7.05 Å². The van der Waals surface area contributed by atoms with Crippen LogP contribution in [-0.2, 0) is 4.79 Å². The maximum absolute atomic E-state index is 12.4. The number of carbonyl (C=O) groups is 1. The number of rotatable bonds is 4. The van der Waals surface area contributed by atoms with E-state index in [0.717, 1.165) is 5.56 Å². The van der Waals surface area contributed by atoms with Gasteiger partial charge in [-0.25, -0.2) is 0 Å². The molecule has 1 atom stereocenters. The molecule has 0 bridgehead atoms. The molecule has 0 spiro atoms. The first-order valence-electron chi connectivity index (χ1n) is 7.28. The zero-order valence-electron chi connectivity index (χ0n) is 12.7. The summed E-state index contributed by atoms with van der Waals surface area (Å²) in [6, 6.07) is 7.17. The van der Waals surface area contributed by atoms with Crippen molar-refractivity contribution in [2.45, 2.75) is 12.2 Å². The number of hydrogen-bond acceptors (Lipinski definition) is 3. The van der Waals surface area contributed by atoms with Crippen molar-refractivity contribution in [1.82, 2.24) is 15.1 Å². The lowest BCUT2D eigenvalue weighted by Crippen LogP contribution is -2.50. The summed E-state index contributed by atoms with van der Waals surface area (Å²) >= 11 is 6.21. The summed E-state index contributed by atoms with van der Waals surface area (Å²) in [7, 11) is 1.17. The minimum absolute atomic E-state index is 0.0653. The summed E-state index contributed by atoms with van der Waals surface area (Å²) < 4.78 is 37.2. The summed E-state index contributed by atoms with van der Waals surface area (Å²) in [6.45, 7) is 0.539. The average Bonchev–Trinajstić information content (AvgIpc) is 2.47. The first kappa shape index (κ1) is 18.0. The fourth-order valence-electron chi connectivity index (χ4n) is 2.64. The van der Waals surface area contributed by atoms with E-state index < -0.39 is 18.6 Å². The number of nitrogens with zero attached hydrogens (tertiary/aromatic N) is 2. The Hall–Kier alpha value is -1.31. The molecule has 8 heteroatoms. The van der Waals surface area contributed by atoms with Crippen molar-refractivity contribution in [3.63, 3.8) is 0 Å². The molecular weight excluding hydrogens is 331 g/mol. The molecule has 0 radical (unpaired) electrons. The standard InChI is InChI=1S/C15H19ClF3N3O/c1-21(10-15(17,18)19)14(23)9-22-7-6-20-8-13(22)11-4-2-3-5-12(11)16/h2-5,13,20H,6-10H2,1H3. The number of piperazine rings is 1. The molecule has 128 valence electrons. The van der Waals surface area contributed by atoms with Crippen LogP contribution >= 0.6 is 11.6 Å². The van der Waals surface area contributed by atoms with Crippen LogP contribution in [0.4, 0.5) is 13.2 Å². The summed E-state index contributed by atoms with van der Waals surface area (Å²) in [6.07, 6.45) is -4.39. The topological polar surface area (TPSA) is 35.6 Å². The van der Waals surface area contributed by atoms with Gasteiger partial charge in [-0.1, -0.05) is 29.8 Å². The number of nitrogens with one attached hydrogen (secondary N) is 1. The van der Waals surface area contributed by atoms with E-state index in [1.807, 2.05) is 23.1 Å². The number of amides is 1. The largest absolute Gasteiger partial charge is 0.406 e. The van der Waals surface area contributed by atoms with Crippen LogP contribution < -0.4 is 5.32 Å². The number of halogens is 4. The Kier molecular flexibility index (Phi) is 5.89. The van der Waals surface area contributed by atoms with Gasteiger partial charge in [0.2, 0.25) is 5.91 Å². The summed E-state index contributed by atoms with van der Waals surface area (Å²) in [5, 5.41) is 3.81. The molecule has 23 heavy (non-hydrogen) atoms. The van der Waals surface area contributed by atoms with Gasteiger partial charge in [-0.15, -0.1) is 0 Å². The Balaban J connectivity index is 2.07. The number of hydrogen-bond donors (Lipinski definition) is 1. The molecule has 1 unspecified atom stereocenters. The third kappa shape index (κ3) is 5.09. The van der Waals surface area contributed by atoms with Gasteiger partial charge in [0.1, 0.15) is 6.54 Å². The monoisotopic (exact) mass is 349 g/mol. The van der Waals surface area contributed by atoms with E-state index in [-0.39, 0.29) is 12.6 Å². The van der Waals surface area contributed by atoms with Crippen LogP contribution in [-0.4, -0.2) is 61.7 Å². The van der Waals surface area contributed by atoms with E-state index in [1.54, 1.807) is 6.07 Å². The van der Waals surface area contributed by atoms with Crippen molar-refractivity contribution >= 4 is 17.5 Å². The van der Waals surface area contributed by atoms with Crippen LogP contribution in [0.15, 0.2) is 24.3 Å². The van der Waals surface area contributed by atoms with Crippen LogP contribution in [0.3, 0.4) is 0 Å². The molecule has 1 aliphatic rings. The Morgan fingerprint density at radius 3 is 2.78 bits per heavy atom. The van der Waals surface area contributed by atoms with E-state index >= 15 is 0 Å². The van der Waals surface area contributed by atoms with Gasteiger partial charge in [0.05, 0.1) is 6.54 Å². The lowest BCUT2D eigenvalue weighted by molar-refractivity contribution is -0.159. The Morgan fingerprint density at radius 1 is 1.43 bits per heavy atom. The van der Waals surface area contributed by atoms with Crippen LogP contribution in [0.5, 0.6) is 0 Å². The predicted molar refractivity (Wildman–Crippen MR) is 82.3 cm³/mol. The number of carbonyl (C=O) groups excluding carboxylic acids is 1. The van der Waals surface area contributed by atoms with Gasteiger partial charge in [0.15, 0.2) is 0 Å². The minimum Gasteiger partial charge on any atom is -0.336 e. The van der Waals surface area contributed by atoms with E-state index in [0.29, 0.717) is 29.6 Å². The van der Waals surface area contributed by atoms with Crippen LogP contribution in [0.1, 0.15) is 11.6 Å². The SMILES string of the molecule is CN(CC(F)(F)F)C(=O)CN1CCNCC1c1ccccc1Cl. The molecule has 1 heterocycles. The number of likely N-dealkylation sites (N-methyl/N-ethyl adjacent to an activating group) is 1. The number of benzene rings is 1. The molecule has 1 aromatic carbocycles. The third-order valence-corrected chi connectivity index (χ3v) is 4.14. The first-order chi connectivity index (χ1) is 10.8. The Labute approximate surface area is 138 Å². The van der Waals surface area contributed by atoms with E-state index in [2.05, 4.69) is 5.32 Å². The molecule has 1 saturated heterocycles. The van der Waals surface area contributed by atoms with Gasteiger partial charge in [-0.2, -0.15) is 13.2 Å². The lowest BCUT2D eigenvalue weighted by Gasteiger charge is -2.37. The Morgan fingerprint density at radius 2 is 2.13 bits per heavy atom. The van der Waals surface area contributed by atoms with Crippen molar-refractivity contribution in [2.24, 2.45) is 0 Å². The molecule has 1 aliphatic heterocycles. The summed E-state index contributed by atoms with van der Waals surface area (Å²) in [5.74, 6) is -0.554. The molecule has 0 aromatic heterocycles. The molecule has 1 aromatic rings. The first-order valence-corrected chi connectivity index (χ1v) is 7.65. The Bertz CT molecular complexity index is 553. The second-order valence-electron chi connectivity index (χ2n) is 5.58. The maximum atomic E-state index is 12.4. The highest BCUT2D eigenvalue weighted by Gasteiger charge is 2.33. The minimum atomic E-state index is -4.39. The van der Waals surface area contributed by atoms with Crippen LogP contribution in [0, 0.1) is 0 Å². The average molecular weight is 350 g/mol. The molecule has 4 nitrogen and oxygen atoms in total. The zero-order valence-corrected chi connectivity index (χ0v) is 13.5. The van der Waals surface area contributed by atoms with E-state index in [4.69, 9.17) is 11.6 Å². The normalized spacial score (nSPS) is 19.6. The van der Waals surface area contributed by atoms with Gasteiger partial charge < -0.3 is 10.2 Å². The van der Waals surface area contributed by atoms with Gasteiger partial charge in [0.25, 0.3) is 0 Å². The van der Waals surface area contributed by atoms with Crippen LogP contribution in [0.25, 0.3) is 0 Å². The van der Waals surface area contributed by atoms with Gasteiger partial charge in [-0.05, 0) is 11.6 Å². The highest BCUT2D eigenvalue weighted by molar-refractivity contribution is 6.31. The fourth-order valence-corrected chi connectivity index (χ4v) is 2.90. The second kappa shape index (κ2) is 7.51. The number of alkyl halides is 3. The molecule has 0 aliphatic carbocycles. The highest BCUT2D eigenvalue weighted by atomic mass is 35.5. The molecule has 0 saturated carbocycles. The maximum Gasteiger partial charge on any atom is 0.406 e. The van der Waals surface area contributed by atoms with Crippen molar-refractivity contribution in [1.29, 1.82) is 0 Å². The van der Waals surface area contributed by atoms with Crippen molar-refractivity contribution in [3.8, 4) is 0 Å². The molecule has 1 N–H and O–H groups in total. The van der Waals surface area contributed by atoms with Crippen molar-refractivity contribution < 1.29 is 18.0 Å².